The molecule has 1 unspecified atom stereocenters. The minimum Gasteiger partial charge on any atom is -0.393 e. The van der Waals surface area contributed by atoms with Crippen LogP contribution in [0.4, 0.5) is 0 Å². The smallest absolute Gasteiger partial charge is 0.127 e. The molecule has 0 bridgehead atoms. The highest BCUT2D eigenvalue weighted by Gasteiger charge is 2.46. The topological polar surface area (TPSA) is 32.7 Å². The molecule has 1 aromatic rings. The van der Waals surface area contributed by atoms with E-state index in [0.29, 0.717) is 5.92 Å². The Balaban J connectivity index is 2.22. The van der Waals surface area contributed by atoms with Crippen LogP contribution in [0.1, 0.15) is 59.1 Å². The van der Waals surface area contributed by atoms with Crippen LogP contribution < -0.4 is 0 Å². The summed E-state index contributed by atoms with van der Waals surface area (Å²) in [5.74, 6) is 0.680. The van der Waals surface area contributed by atoms with Gasteiger partial charge in [-0.25, -0.2) is 0 Å². The third kappa shape index (κ3) is 3.65. The molecular formula is C18H29NO2. The molecule has 3 heteroatoms. The van der Waals surface area contributed by atoms with Gasteiger partial charge in [0, 0.05) is 11.1 Å². The second-order valence-electron chi connectivity index (χ2n) is 7.62. The predicted molar refractivity (Wildman–Crippen MR) is 85.7 cm³/mol. The lowest BCUT2D eigenvalue weighted by Crippen LogP contribution is -2.60. The van der Waals surface area contributed by atoms with Gasteiger partial charge in [0.15, 0.2) is 0 Å². The Morgan fingerprint density at radius 3 is 2.14 bits per heavy atom. The van der Waals surface area contributed by atoms with Crippen molar-refractivity contribution in [2.45, 2.75) is 64.6 Å². The van der Waals surface area contributed by atoms with Gasteiger partial charge in [0.25, 0.3) is 0 Å². The molecule has 1 aliphatic rings. The SMILES string of the molecule is CC1CC(C)(C)N(OC(CO)c2ccccc2)C(C)(C)C1. The summed E-state index contributed by atoms with van der Waals surface area (Å²) >= 11 is 0. The van der Waals surface area contributed by atoms with Gasteiger partial charge < -0.3 is 5.11 Å². The maximum absolute atomic E-state index is 9.75. The lowest BCUT2D eigenvalue weighted by molar-refractivity contribution is -0.316. The van der Waals surface area contributed by atoms with Crippen molar-refractivity contribution in [1.29, 1.82) is 0 Å². The summed E-state index contributed by atoms with van der Waals surface area (Å²) in [6.07, 6.45) is 1.89. The van der Waals surface area contributed by atoms with Gasteiger partial charge in [0.1, 0.15) is 6.10 Å². The lowest BCUT2D eigenvalue weighted by atomic mass is 9.76. The van der Waals surface area contributed by atoms with E-state index in [4.69, 9.17) is 4.84 Å². The normalized spacial score (nSPS) is 23.9. The highest BCUT2D eigenvalue weighted by atomic mass is 16.7. The van der Waals surface area contributed by atoms with Crippen LogP contribution in [0, 0.1) is 5.92 Å². The molecule has 0 radical (unpaired) electrons. The number of hydroxylamine groups is 2. The summed E-state index contributed by atoms with van der Waals surface area (Å²) in [6.45, 7) is 11.2. The van der Waals surface area contributed by atoms with Crippen molar-refractivity contribution in [1.82, 2.24) is 5.06 Å². The lowest BCUT2D eigenvalue weighted by Gasteiger charge is -2.54. The quantitative estimate of drug-likeness (QED) is 0.912. The van der Waals surface area contributed by atoms with Crippen LogP contribution in [-0.2, 0) is 4.84 Å². The molecule has 0 saturated carbocycles. The van der Waals surface area contributed by atoms with Crippen molar-refractivity contribution >= 4 is 0 Å². The van der Waals surface area contributed by atoms with Crippen LogP contribution in [0.15, 0.2) is 30.3 Å². The average molecular weight is 291 g/mol. The first kappa shape index (κ1) is 16.5. The second kappa shape index (κ2) is 6.07. The average Bonchev–Trinajstić information content (AvgIpc) is 2.37. The largest absolute Gasteiger partial charge is 0.393 e. The fourth-order valence-electron chi connectivity index (χ4n) is 4.04. The third-order valence-electron chi connectivity index (χ3n) is 4.37. The van der Waals surface area contributed by atoms with E-state index in [9.17, 15) is 5.11 Å². The molecule has 1 heterocycles. The zero-order chi connectivity index (χ0) is 15.7. The standard InChI is InChI=1S/C18H29NO2/c1-14-11-17(2,3)19(18(4,5)12-14)21-16(13-20)15-9-7-6-8-10-15/h6-10,14,16,20H,11-13H2,1-5H3. The Morgan fingerprint density at radius 1 is 1.14 bits per heavy atom. The first-order valence-corrected chi connectivity index (χ1v) is 7.89. The molecule has 0 amide bonds. The number of piperidine rings is 1. The Labute approximate surface area is 128 Å². The minimum atomic E-state index is -0.307. The third-order valence-corrected chi connectivity index (χ3v) is 4.37. The number of aliphatic hydroxyl groups excluding tert-OH is 1. The first-order valence-electron chi connectivity index (χ1n) is 7.89. The summed E-state index contributed by atoms with van der Waals surface area (Å²) in [4.78, 5) is 6.29. The van der Waals surface area contributed by atoms with E-state index < -0.39 is 0 Å². The monoisotopic (exact) mass is 291 g/mol. The number of hydrogen-bond donors (Lipinski definition) is 1. The fourth-order valence-corrected chi connectivity index (χ4v) is 4.04. The number of rotatable bonds is 4. The van der Waals surface area contributed by atoms with E-state index in [1.54, 1.807) is 0 Å². The van der Waals surface area contributed by atoms with E-state index in [2.05, 4.69) is 39.7 Å². The zero-order valence-corrected chi connectivity index (χ0v) is 14.0. The van der Waals surface area contributed by atoms with Crippen LogP contribution in [-0.4, -0.2) is 27.9 Å². The van der Waals surface area contributed by atoms with Crippen LogP contribution in [0.2, 0.25) is 0 Å². The van der Waals surface area contributed by atoms with E-state index in [1.807, 2.05) is 30.3 Å². The molecule has 1 aromatic carbocycles. The van der Waals surface area contributed by atoms with Crippen LogP contribution in [0.5, 0.6) is 0 Å². The molecule has 1 fully saturated rings. The highest BCUT2D eigenvalue weighted by Crippen LogP contribution is 2.42. The van der Waals surface area contributed by atoms with Gasteiger partial charge in [-0.15, -0.1) is 0 Å². The van der Waals surface area contributed by atoms with Crippen molar-refractivity contribution in [3.63, 3.8) is 0 Å². The Hall–Kier alpha value is -0.900. The van der Waals surface area contributed by atoms with Gasteiger partial charge in [-0.1, -0.05) is 37.3 Å². The molecule has 0 aliphatic carbocycles. The number of hydrogen-bond acceptors (Lipinski definition) is 3. The molecule has 118 valence electrons. The Bertz CT molecular complexity index is 438. The van der Waals surface area contributed by atoms with Crippen molar-refractivity contribution < 1.29 is 9.94 Å². The fraction of sp³-hybridized carbons (Fsp3) is 0.667. The molecule has 0 spiro atoms. The van der Waals surface area contributed by atoms with Gasteiger partial charge in [-0.05, 0) is 52.0 Å². The summed E-state index contributed by atoms with van der Waals surface area (Å²) in [5, 5.41) is 11.9. The molecule has 0 aromatic heterocycles. The molecule has 3 nitrogen and oxygen atoms in total. The van der Waals surface area contributed by atoms with Crippen molar-refractivity contribution in [2.75, 3.05) is 6.61 Å². The van der Waals surface area contributed by atoms with Gasteiger partial charge in [-0.3, -0.25) is 4.84 Å². The predicted octanol–water partition coefficient (Wildman–Crippen LogP) is 3.94. The highest BCUT2D eigenvalue weighted by molar-refractivity contribution is 5.17. The zero-order valence-electron chi connectivity index (χ0n) is 14.0. The molecular weight excluding hydrogens is 262 g/mol. The number of benzene rings is 1. The summed E-state index contributed by atoms with van der Waals surface area (Å²) in [7, 11) is 0. The van der Waals surface area contributed by atoms with E-state index in [1.165, 1.54) is 0 Å². The molecule has 1 N–H and O–H groups in total. The second-order valence-corrected chi connectivity index (χ2v) is 7.62. The number of nitrogens with zero attached hydrogens (tertiary/aromatic N) is 1. The van der Waals surface area contributed by atoms with Crippen molar-refractivity contribution in [3.05, 3.63) is 35.9 Å². The minimum absolute atomic E-state index is 0.0117. The summed E-state index contributed by atoms with van der Waals surface area (Å²) in [6, 6.07) is 9.96. The van der Waals surface area contributed by atoms with Crippen LogP contribution in [0.3, 0.4) is 0 Å². The van der Waals surface area contributed by atoms with E-state index in [0.717, 1.165) is 18.4 Å². The maximum atomic E-state index is 9.75. The molecule has 2 rings (SSSR count). The van der Waals surface area contributed by atoms with Gasteiger partial charge in [-0.2, -0.15) is 5.06 Å². The Kier molecular flexibility index (Phi) is 4.76. The number of aliphatic hydroxyl groups is 1. The summed E-state index contributed by atoms with van der Waals surface area (Å²) in [5.41, 5.74) is 0.942. The maximum Gasteiger partial charge on any atom is 0.127 e. The van der Waals surface area contributed by atoms with Crippen molar-refractivity contribution in [3.8, 4) is 0 Å². The molecule has 1 aliphatic heterocycles. The van der Waals surface area contributed by atoms with Crippen LogP contribution >= 0.6 is 0 Å². The van der Waals surface area contributed by atoms with Crippen LogP contribution in [0.25, 0.3) is 0 Å². The molecule has 1 saturated heterocycles. The summed E-state index contributed by atoms with van der Waals surface area (Å²) < 4.78 is 0. The van der Waals surface area contributed by atoms with E-state index >= 15 is 0 Å². The first-order chi connectivity index (χ1) is 9.76. The van der Waals surface area contributed by atoms with E-state index in [-0.39, 0.29) is 23.8 Å². The van der Waals surface area contributed by atoms with Gasteiger partial charge in [0.05, 0.1) is 6.61 Å². The Morgan fingerprint density at radius 2 is 1.67 bits per heavy atom. The van der Waals surface area contributed by atoms with Gasteiger partial charge in [0.2, 0.25) is 0 Å². The van der Waals surface area contributed by atoms with Gasteiger partial charge >= 0.3 is 0 Å². The molecule has 1 atom stereocenters. The molecule has 21 heavy (non-hydrogen) atoms. The van der Waals surface area contributed by atoms with Crippen molar-refractivity contribution in [2.24, 2.45) is 5.92 Å².